The number of likely N-dealkylation sites (N-methyl/N-ethyl adjacent to an activating group) is 1. The predicted molar refractivity (Wildman–Crippen MR) is 89.9 cm³/mol. The number of hydrogen-bond acceptors (Lipinski definition) is 3. The van der Waals surface area contributed by atoms with Gasteiger partial charge in [-0.05, 0) is 50.9 Å². The molecule has 2 fully saturated rings. The molecule has 2 aliphatic heterocycles. The zero-order chi connectivity index (χ0) is 14.5. The molecule has 0 radical (unpaired) electrons. The fourth-order valence-electron chi connectivity index (χ4n) is 3.86. The molecule has 0 amide bonds. The summed E-state index contributed by atoms with van der Waals surface area (Å²) in [5, 5.41) is 3.64. The van der Waals surface area contributed by atoms with Gasteiger partial charge in [0.1, 0.15) is 0 Å². The van der Waals surface area contributed by atoms with Crippen molar-refractivity contribution < 1.29 is 0 Å². The van der Waals surface area contributed by atoms with Crippen molar-refractivity contribution in [1.82, 2.24) is 10.2 Å². The van der Waals surface area contributed by atoms with Crippen LogP contribution in [0.15, 0.2) is 30.3 Å². The zero-order valence-corrected chi connectivity index (χ0v) is 13.3. The fraction of sp³-hybridized carbons (Fsp3) is 0.667. The van der Waals surface area contributed by atoms with Gasteiger partial charge in [0.15, 0.2) is 0 Å². The summed E-state index contributed by atoms with van der Waals surface area (Å²) in [5.41, 5.74) is 1.39. The van der Waals surface area contributed by atoms with Gasteiger partial charge in [0.05, 0.1) is 0 Å². The quantitative estimate of drug-likeness (QED) is 0.898. The molecule has 3 rings (SSSR count). The highest BCUT2D eigenvalue weighted by Gasteiger charge is 2.26. The number of nitrogens with one attached hydrogen (secondary N) is 1. The van der Waals surface area contributed by atoms with Gasteiger partial charge in [-0.3, -0.25) is 4.90 Å². The van der Waals surface area contributed by atoms with Gasteiger partial charge in [-0.1, -0.05) is 25.1 Å². The van der Waals surface area contributed by atoms with Crippen molar-refractivity contribution in [1.29, 1.82) is 0 Å². The lowest BCUT2D eigenvalue weighted by molar-refractivity contribution is 0.163. The van der Waals surface area contributed by atoms with E-state index in [9.17, 15) is 0 Å². The van der Waals surface area contributed by atoms with Crippen LogP contribution in [0.5, 0.6) is 0 Å². The lowest BCUT2D eigenvalue weighted by Crippen LogP contribution is -2.48. The first-order valence-corrected chi connectivity index (χ1v) is 8.64. The van der Waals surface area contributed by atoms with E-state index in [4.69, 9.17) is 0 Å². The maximum Gasteiger partial charge on any atom is 0.0366 e. The first kappa shape index (κ1) is 14.9. The molecule has 0 spiro atoms. The molecule has 0 saturated carbocycles. The smallest absolute Gasteiger partial charge is 0.0366 e. The molecule has 3 heteroatoms. The number of rotatable bonds is 5. The van der Waals surface area contributed by atoms with Gasteiger partial charge in [-0.25, -0.2) is 0 Å². The predicted octanol–water partition coefficient (Wildman–Crippen LogP) is 2.73. The van der Waals surface area contributed by atoms with Crippen LogP contribution >= 0.6 is 0 Å². The van der Waals surface area contributed by atoms with Crippen LogP contribution in [0, 0.1) is 0 Å². The second-order valence-corrected chi connectivity index (χ2v) is 6.43. The number of benzene rings is 1. The van der Waals surface area contributed by atoms with E-state index < -0.39 is 0 Å². The van der Waals surface area contributed by atoms with Gasteiger partial charge in [0.25, 0.3) is 0 Å². The van der Waals surface area contributed by atoms with Crippen molar-refractivity contribution in [3.05, 3.63) is 30.3 Å². The second-order valence-electron chi connectivity index (χ2n) is 6.43. The summed E-state index contributed by atoms with van der Waals surface area (Å²) in [7, 11) is 0. The highest BCUT2D eigenvalue weighted by molar-refractivity contribution is 5.46. The molecule has 1 aromatic rings. The van der Waals surface area contributed by atoms with Crippen molar-refractivity contribution in [2.24, 2.45) is 0 Å². The summed E-state index contributed by atoms with van der Waals surface area (Å²) in [6.07, 6.45) is 5.32. The minimum Gasteiger partial charge on any atom is -0.371 e. The maximum absolute atomic E-state index is 3.64. The Kier molecular flexibility index (Phi) is 5.15. The summed E-state index contributed by atoms with van der Waals surface area (Å²) in [4.78, 5) is 5.25. The van der Waals surface area contributed by atoms with E-state index in [0.717, 1.165) is 12.1 Å². The average molecular weight is 287 g/mol. The maximum atomic E-state index is 3.64. The molecule has 21 heavy (non-hydrogen) atoms. The first-order valence-electron chi connectivity index (χ1n) is 8.64. The molecule has 0 aliphatic carbocycles. The molecule has 0 aromatic heterocycles. The van der Waals surface area contributed by atoms with E-state index in [1.54, 1.807) is 0 Å². The summed E-state index contributed by atoms with van der Waals surface area (Å²) >= 11 is 0. The number of nitrogens with zero attached hydrogens (tertiary/aromatic N) is 2. The molecule has 1 aromatic carbocycles. The van der Waals surface area contributed by atoms with Gasteiger partial charge in [-0.15, -0.1) is 0 Å². The highest BCUT2D eigenvalue weighted by Crippen LogP contribution is 2.23. The van der Waals surface area contributed by atoms with Crippen molar-refractivity contribution in [3.8, 4) is 0 Å². The Balaban J connectivity index is 1.51. The van der Waals surface area contributed by atoms with Crippen LogP contribution in [-0.2, 0) is 0 Å². The van der Waals surface area contributed by atoms with Crippen LogP contribution < -0.4 is 10.2 Å². The summed E-state index contributed by atoms with van der Waals surface area (Å²) in [5.74, 6) is 0. The summed E-state index contributed by atoms with van der Waals surface area (Å²) in [6, 6.07) is 12.4. The van der Waals surface area contributed by atoms with E-state index in [0.29, 0.717) is 0 Å². The molecule has 1 N–H and O–H groups in total. The molecular formula is C18H29N3. The third-order valence-electron chi connectivity index (χ3n) is 5.13. The van der Waals surface area contributed by atoms with Gasteiger partial charge in [-0.2, -0.15) is 0 Å². The molecule has 2 heterocycles. The van der Waals surface area contributed by atoms with E-state index in [2.05, 4.69) is 52.4 Å². The topological polar surface area (TPSA) is 18.5 Å². The lowest BCUT2D eigenvalue weighted by Gasteiger charge is -2.40. The lowest BCUT2D eigenvalue weighted by atomic mass is 10.0. The largest absolute Gasteiger partial charge is 0.371 e. The van der Waals surface area contributed by atoms with Gasteiger partial charge in [0.2, 0.25) is 0 Å². The van der Waals surface area contributed by atoms with Gasteiger partial charge >= 0.3 is 0 Å². The highest BCUT2D eigenvalue weighted by atomic mass is 15.2. The van der Waals surface area contributed by atoms with E-state index in [1.165, 1.54) is 64.1 Å². The minimum atomic E-state index is 0.733. The standard InChI is InChI=1S/C18H29N3/c1-2-20(15-16-7-6-12-19-16)18-10-13-21(14-11-18)17-8-4-3-5-9-17/h3-5,8-9,16,18-19H,2,6-7,10-15H2,1H3. The SMILES string of the molecule is CCN(CC1CCCN1)C1CCN(c2ccccc2)CC1. The summed E-state index contributed by atoms with van der Waals surface area (Å²) < 4.78 is 0. The second kappa shape index (κ2) is 7.28. The average Bonchev–Trinajstić information content (AvgIpc) is 3.07. The number of piperidine rings is 1. The number of anilines is 1. The third-order valence-corrected chi connectivity index (χ3v) is 5.13. The Morgan fingerprint density at radius 1 is 1.14 bits per heavy atom. The van der Waals surface area contributed by atoms with E-state index >= 15 is 0 Å². The number of hydrogen-bond donors (Lipinski definition) is 1. The Morgan fingerprint density at radius 2 is 1.90 bits per heavy atom. The molecule has 116 valence electrons. The van der Waals surface area contributed by atoms with Crippen LogP contribution in [0.2, 0.25) is 0 Å². The Labute approximate surface area is 129 Å². The molecule has 2 saturated heterocycles. The normalized spacial score (nSPS) is 23.9. The van der Waals surface area contributed by atoms with Crippen LogP contribution in [0.4, 0.5) is 5.69 Å². The fourth-order valence-corrected chi connectivity index (χ4v) is 3.86. The molecule has 2 aliphatic rings. The Hall–Kier alpha value is -1.06. The van der Waals surface area contributed by atoms with Crippen molar-refractivity contribution >= 4 is 5.69 Å². The monoisotopic (exact) mass is 287 g/mol. The molecule has 3 nitrogen and oxygen atoms in total. The van der Waals surface area contributed by atoms with Crippen molar-refractivity contribution in [2.45, 2.75) is 44.7 Å². The van der Waals surface area contributed by atoms with E-state index in [-0.39, 0.29) is 0 Å². The minimum absolute atomic E-state index is 0.733. The first-order chi connectivity index (χ1) is 10.4. The molecule has 1 atom stereocenters. The Morgan fingerprint density at radius 3 is 2.52 bits per heavy atom. The van der Waals surface area contributed by atoms with Crippen LogP contribution in [0.1, 0.15) is 32.6 Å². The molecule has 0 bridgehead atoms. The van der Waals surface area contributed by atoms with Crippen molar-refractivity contribution in [3.63, 3.8) is 0 Å². The van der Waals surface area contributed by atoms with Crippen LogP contribution in [-0.4, -0.2) is 49.7 Å². The number of para-hydroxylation sites is 1. The summed E-state index contributed by atoms with van der Waals surface area (Å²) in [6.45, 7) is 8.36. The third kappa shape index (κ3) is 3.78. The van der Waals surface area contributed by atoms with Crippen LogP contribution in [0.3, 0.4) is 0 Å². The zero-order valence-electron chi connectivity index (χ0n) is 13.3. The van der Waals surface area contributed by atoms with Crippen LogP contribution in [0.25, 0.3) is 0 Å². The Bertz CT molecular complexity index is 406. The molecular weight excluding hydrogens is 258 g/mol. The van der Waals surface area contributed by atoms with E-state index in [1.807, 2.05) is 0 Å². The van der Waals surface area contributed by atoms with Gasteiger partial charge < -0.3 is 10.2 Å². The molecule has 1 unspecified atom stereocenters. The van der Waals surface area contributed by atoms with Gasteiger partial charge in [0, 0.05) is 37.4 Å². The van der Waals surface area contributed by atoms with Crippen molar-refractivity contribution in [2.75, 3.05) is 37.6 Å².